The average Bonchev–Trinajstić information content (AvgIpc) is 2.78. The van der Waals surface area contributed by atoms with E-state index in [0.717, 1.165) is 45.6 Å². The second kappa shape index (κ2) is 15.1. The number of likely N-dealkylation sites (tertiary alicyclic amines) is 1. The largest absolute Gasteiger partial charge is 0.444 e. The Hall–Kier alpha value is -2.36. The number of rotatable bonds is 12. The highest BCUT2D eigenvalue weighted by Crippen LogP contribution is 2.14. The van der Waals surface area contributed by atoms with Crippen LogP contribution in [0.5, 0.6) is 0 Å². The van der Waals surface area contributed by atoms with Gasteiger partial charge in [0.1, 0.15) is 11.2 Å². The van der Waals surface area contributed by atoms with Gasteiger partial charge in [0.05, 0.1) is 0 Å². The number of ether oxygens (including phenoxy) is 2. The van der Waals surface area contributed by atoms with Crippen molar-refractivity contribution in [3.05, 3.63) is 35.9 Å². The Labute approximate surface area is 223 Å². The van der Waals surface area contributed by atoms with E-state index in [1.165, 1.54) is 5.56 Å². The van der Waals surface area contributed by atoms with Crippen molar-refractivity contribution in [1.29, 1.82) is 0 Å². The molecule has 0 saturated carbocycles. The van der Waals surface area contributed by atoms with Gasteiger partial charge in [-0.3, -0.25) is 9.80 Å². The molecule has 9 nitrogen and oxygen atoms in total. The van der Waals surface area contributed by atoms with Gasteiger partial charge < -0.3 is 25.4 Å². The summed E-state index contributed by atoms with van der Waals surface area (Å²) in [4.78, 5) is 28.7. The molecule has 0 radical (unpaired) electrons. The lowest BCUT2D eigenvalue weighted by Gasteiger charge is -2.33. The lowest BCUT2D eigenvalue weighted by atomic mass is 10.0. The molecular weight excluding hydrogens is 470 g/mol. The van der Waals surface area contributed by atoms with Crippen LogP contribution in [0.1, 0.15) is 59.9 Å². The predicted octanol–water partition coefficient (Wildman–Crippen LogP) is 3.59. The molecule has 1 fully saturated rings. The van der Waals surface area contributed by atoms with Crippen molar-refractivity contribution < 1.29 is 19.1 Å². The zero-order valence-electron chi connectivity index (χ0n) is 23.8. The van der Waals surface area contributed by atoms with Crippen LogP contribution in [-0.2, 0) is 16.0 Å². The third-order valence-electron chi connectivity index (χ3n) is 5.89. The van der Waals surface area contributed by atoms with Gasteiger partial charge in [0.25, 0.3) is 0 Å². The molecule has 1 aliphatic heterocycles. The zero-order valence-corrected chi connectivity index (χ0v) is 23.8. The van der Waals surface area contributed by atoms with Crippen LogP contribution in [0, 0.1) is 0 Å². The minimum absolute atomic E-state index is 0.417. The molecule has 210 valence electrons. The average molecular weight is 520 g/mol. The zero-order chi connectivity index (χ0) is 27.3. The molecule has 2 rings (SSSR count). The molecule has 37 heavy (non-hydrogen) atoms. The van der Waals surface area contributed by atoms with E-state index in [2.05, 4.69) is 56.1 Å². The van der Waals surface area contributed by atoms with Gasteiger partial charge in [0, 0.05) is 51.9 Å². The summed E-state index contributed by atoms with van der Waals surface area (Å²) in [5.74, 6) is 0. The topological polar surface area (TPSA) is 95.2 Å². The Morgan fingerprint density at radius 3 is 1.81 bits per heavy atom. The third kappa shape index (κ3) is 14.8. The number of nitrogens with one attached hydrogen (secondary N) is 3. The Balaban J connectivity index is 1.73. The first-order valence-electron chi connectivity index (χ1n) is 13.6. The van der Waals surface area contributed by atoms with Crippen LogP contribution < -0.4 is 16.0 Å². The Morgan fingerprint density at radius 2 is 1.32 bits per heavy atom. The number of carbonyl (C=O) groups is 2. The highest BCUT2D eigenvalue weighted by atomic mass is 16.6. The Kier molecular flexibility index (Phi) is 12.6. The fraction of sp³-hybridized carbons (Fsp3) is 0.714. The van der Waals surface area contributed by atoms with E-state index in [-0.39, 0.29) is 0 Å². The molecule has 0 bridgehead atoms. The minimum Gasteiger partial charge on any atom is -0.444 e. The summed E-state index contributed by atoms with van der Waals surface area (Å²) < 4.78 is 10.7. The maximum atomic E-state index is 12.0. The highest BCUT2D eigenvalue weighted by molar-refractivity contribution is 5.68. The molecule has 1 saturated heterocycles. The van der Waals surface area contributed by atoms with Crippen molar-refractivity contribution in [2.45, 2.75) is 78.2 Å². The van der Waals surface area contributed by atoms with Gasteiger partial charge in [-0.2, -0.15) is 0 Å². The number of nitrogens with zero attached hydrogens (tertiary/aromatic N) is 2. The molecular formula is C28H49N5O4. The van der Waals surface area contributed by atoms with Crippen LogP contribution in [0.15, 0.2) is 30.3 Å². The molecule has 1 aromatic carbocycles. The van der Waals surface area contributed by atoms with Crippen LogP contribution in [0.2, 0.25) is 0 Å². The summed E-state index contributed by atoms with van der Waals surface area (Å²) >= 11 is 0. The smallest absolute Gasteiger partial charge is 0.407 e. The van der Waals surface area contributed by atoms with E-state index in [0.29, 0.717) is 32.2 Å². The SMILES string of the molecule is CC(C)(C)OC(=O)NCCN(CCNC(=O)OC(C)(C)C)CCNC1CCN(Cc2ccccc2)CC1. The summed E-state index contributed by atoms with van der Waals surface area (Å²) in [5, 5.41) is 9.35. The molecule has 9 heteroatoms. The lowest BCUT2D eigenvalue weighted by molar-refractivity contribution is 0.0520. The normalized spacial score (nSPS) is 15.4. The van der Waals surface area contributed by atoms with Gasteiger partial charge in [-0.25, -0.2) is 9.59 Å². The first kappa shape index (κ1) is 30.9. The molecule has 0 aliphatic carbocycles. The second-order valence-electron chi connectivity index (χ2n) is 11.7. The van der Waals surface area contributed by atoms with Gasteiger partial charge in [0.2, 0.25) is 0 Å². The Morgan fingerprint density at radius 1 is 0.838 bits per heavy atom. The quantitative estimate of drug-likeness (QED) is 0.388. The number of piperidine rings is 1. The standard InChI is InChI=1S/C28H49N5O4/c1-27(2,3)36-25(34)30-15-20-32(21-16-31-26(35)37-28(4,5)6)19-14-29-24-12-17-33(18-13-24)22-23-10-8-7-9-11-23/h7-11,24,29H,12-22H2,1-6H3,(H,30,34)(H,31,35). The first-order valence-corrected chi connectivity index (χ1v) is 13.6. The van der Waals surface area contributed by atoms with Crippen LogP contribution in [0.3, 0.4) is 0 Å². The van der Waals surface area contributed by atoms with E-state index in [1.807, 2.05) is 41.5 Å². The van der Waals surface area contributed by atoms with E-state index in [9.17, 15) is 9.59 Å². The van der Waals surface area contributed by atoms with E-state index in [1.54, 1.807) is 0 Å². The minimum atomic E-state index is -0.526. The van der Waals surface area contributed by atoms with Crippen molar-refractivity contribution in [3.8, 4) is 0 Å². The molecule has 0 aromatic heterocycles. The van der Waals surface area contributed by atoms with Gasteiger partial charge in [-0.1, -0.05) is 30.3 Å². The number of hydrogen-bond donors (Lipinski definition) is 3. The van der Waals surface area contributed by atoms with Gasteiger partial charge in [-0.05, 0) is 73.0 Å². The molecule has 3 N–H and O–H groups in total. The summed E-state index contributed by atoms with van der Waals surface area (Å²) in [7, 11) is 0. The predicted molar refractivity (Wildman–Crippen MR) is 148 cm³/mol. The summed E-state index contributed by atoms with van der Waals surface area (Å²) in [6, 6.07) is 11.1. The van der Waals surface area contributed by atoms with Crippen LogP contribution in [0.4, 0.5) is 9.59 Å². The maximum Gasteiger partial charge on any atom is 0.407 e. The fourth-order valence-electron chi connectivity index (χ4n) is 4.16. The van der Waals surface area contributed by atoms with Crippen LogP contribution in [0.25, 0.3) is 0 Å². The van der Waals surface area contributed by atoms with Crippen molar-refractivity contribution in [2.75, 3.05) is 52.4 Å². The number of benzene rings is 1. The lowest BCUT2D eigenvalue weighted by Crippen LogP contribution is -2.46. The van der Waals surface area contributed by atoms with E-state index in [4.69, 9.17) is 9.47 Å². The summed E-state index contributed by atoms with van der Waals surface area (Å²) in [6.07, 6.45) is 1.43. The third-order valence-corrected chi connectivity index (χ3v) is 5.89. The number of carbonyl (C=O) groups excluding carboxylic acids is 2. The van der Waals surface area contributed by atoms with Crippen LogP contribution in [-0.4, -0.2) is 91.6 Å². The van der Waals surface area contributed by atoms with Crippen LogP contribution >= 0.6 is 0 Å². The van der Waals surface area contributed by atoms with Crippen molar-refractivity contribution in [2.24, 2.45) is 0 Å². The highest BCUT2D eigenvalue weighted by Gasteiger charge is 2.20. The van der Waals surface area contributed by atoms with Crippen molar-refractivity contribution >= 4 is 12.2 Å². The molecule has 1 aromatic rings. The Bertz CT molecular complexity index is 765. The van der Waals surface area contributed by atoms with Gasteiger partial charge in [-0.15, -0.1) is 0 Å². The van der Waals surface area contributed by atoms with Gasteiger partial charge in [0.15, 0.2) is 0 Å². The molecule has 1 aliphatic rings. The monoisotopic (exact) mass is 519 g/mol. The summed E-state index contributed by atoms with van der Waals surface area (Å²) in [5.41, 5.74) is 0.313. The number of hydrogen-bond acceptors (Lipinski definition) is 7. The first-order chi connectivity index (χ1) is 17.4. The molecule has 0 spiro atoms. The van der Waals surface area contributed by atoms with Gasteiger partial charge >= 0.3 is 12.2 Å². The number of alkyl carbamates (subject to hydrolysis) is 2. The molecule has 1 heterocycles. The van der Waals surface area contributed by atoms with E-state index >= 15 is 0 Å². The molecule has 0 atom stereocenters. The molecule has 2 amide bonds. The fourth-order valence-corrected chi connectivity index (χ4v) is 4.16. The molecule has 0 unspecified atom stereocenters. The second-order valence-corrected chi connectivity index (χ2v) is 11.7. The number of amides is 2. The van der Waals surface area contributed by atoms with Crippen molar-refractivity contribution in [1.82, 2.24) is 25.8 Å². The summed E-state index contributed by atoms with van der Waals surface area (Å²) in [6.45, 7) is 18.2. The maximum absolute atomic E-state index is 12.0. The van der Waals surface area contributed by atoms with Crippen molar-refractivity contribution in [3.63, 3.8) is 0 Å². The van der Waals surface area contributed by atoms with E-state index < -0.39 is 23.4 Å².